The molecular weight excluding hydrogens is 370 g/mol. The number of ether oxygens (including phenoxy) is 2. The third-order valence-electron chi connectivity index (χ3n) is 5.58. The van der Waals surface area contributed by atoms with Gasteiger partial charge in [-0.25, -0.2) is 0 Å². The van der Waals surface area contributed by atoms with Crippen molar-refractivity contribution in [3.8, 4) is 23.0 Å². The summed E-state index contributed by atoms with van der Waals surface area (Å²) in [5.74, 6) is 1.22. The highest BCUT2D eigenvalue weighted by Gasteiger charge is 2.29. The normalized spacial score (nSPS) is 17.6. The van der Waals surface area contributed by atoms with Gasteiger partial charge in [-0.3, -0.25) is 4.79 Å². The van der Waals surface area contributed by atoms with Crippen LogP contribution in [-0.4, -0.2) is 48.3 Å². The van der Waals surface area contributed by atoms with Gasteiger partial charge in [0.25, 0.3) is 0 Å². The first-order valence-corrected chi connectivity index (χ1v) is 9.94. The van der Waals surface area contributed by atoms with Crippen molar-refractivity contribution in [3.63, 3.8) is 0 Å². The van der Waals surface area contributed by atoms with Crippen molar-refractivity contribution in [1.29, 1.82) is 0 Å². The van der Waals surface area contributed by atoms with Crippen LogP contribution in [-0.2, 0) is 4.79 Å². The number of piperidine rings is 1. The van der Waals surface area contributed by atoms with Gasteiger partial charge in [-0.1, -0.05) is 19.1 Å². The van der Waals surface area contributed by atoms with Crippen molar-refractivity contribution in [2.75, 3.05) is 27.3 Å². The number of aromatic hydroxyl groups is 2. The van der Waals surface area contributed by atoms with Gasteiger partial charge in [0.05, 0.1) is 14.2 Å². The minimum atomic E-state index is -0.416. The van der Waals surface area contributed by atoms with Gasteiger partial charge in [0.2, 0.25) is 5.91 Å². The summed E-state index contributed by atoms with van der Waals surface area (Å²) < 4.78 is 10.8. The van der Waals surface area contributed by atoms with E-state index in [1.165, 1.54) is 20.3 Å². The molecule has 1 aliphatic rings. The molecule has 2 atom stereocenters. The molecule has 0 spiro atoms. The van der Waals surface area contributed by atoms with E-state index in [1.807, 2.05) is 4.90 Å². The molecule has 0 aromatic heterocycles. The number of carbonyl (C=O) groups excluding carboxylic acids is 1. The number of rotatable bonds is 6. The zero-order valence-electron chi connectivity index (χ0n) is 17.2. The van der Waals surface area contributed by atoms with Crippen molar-refractivity contribution in [2.45, 2.75) is 32.1 Å². The number of benzene rings is 2. The number of hydrogen-bond donors (Lipinski definition) is 2. The zero-order chi connectivity index (χ0) is 21.0. The molecule has 156 valence electrons. The molecule has 1 saturated heterocycles. The van der Waals surface area contributed by atoms with Gasteiger partial charge in [0, 0.05) is 43.1 Å². The molecule has 0 aliphatic carbocycles. The van der Waals surface area contributed by atoms with E-state index in [2.05, 4.69) is 6.92 Å². The molecule has 29 heavy (non-hydrogen) atoms. The van der Waals surface area contributed by atoms with Gasteiger partial charge in [-0.2, -0.15) is 0 Å². The molecule has 3 rings (SSSR count). The molecule has 1 aliphatic heterocycles. The van der Waals surface area contributed by atoms with Crippen molar-refractivity contribution in [3.05, 3.63) is 47.5 Å². The maximum atomic E-state index is 13.1. The van der Waals surface area contributed by atoms with Gasteiger partial charge in [-0.05, 0) is 36.5 Å². The Morgan fingerprint density at radius 2 is 1.90 bits per heavy atom. The van der Waals surface area contributed by atoms with Crippen LogP contribution >= 0.6 is 0 Å². The molecule has 2 unspecified atom stereocenters. The van der Waals surface area contributed by atoms with Crippen LogP contribution in [0.4, 0.5) is 0 Å². The lowest BCUT2D eigenvalue weighted by Crippen LogP contribution is -2.39. The predicted octanol–water partition coefficient (Wildman–Crippen LogP) is 3.90. The number of methoxy groups -OCH3 is 2. The smallest absolute Gasteiger partial charge is 0.223 e. The van der Waals surface area contributed by atoms with E-state index in [4.69, 9.17) is 9.47 Å². The Hall–Kier alpha value is -2.89. The molecule has 6 heteroatoms. The average molecular weight is 399 g/mol. The predicted molar refractivity (Wildman–Crippen MR) is 111 cm³/mol. The molecule has 6 nitrogen and oxygen atoms in total. The maximum Gasteiger partial charge on any atom is 0.223 e. The van der Waals surface area contributed by atoms with Crippen LogP contribution in [0.1, 0.15) is 43.2 Å². The van der Waals surface area contributed by atoms with E-state index in [-0.39, 0.29) is 23.8 Å². The molecule has 0 radical (unpaired) electrons. The maximum absolute atomic E-state index is 13.1. The summed E-state index contributed by atoms with van der Waals surface area (Å²) in [4.78, 5) is 15.0. The van der Waals surface area contributed by atoms with Gasteiger partial charge >= 0.3 is 0 Å². The van der Waals surface area contributed by atoms with Crippen molar-refractivity contribution in [1.82, 2.24) is 4.90 Å². The Bertz CT molecular complexity index is 849. The highest BCUT2D eigenvalue weighted by molar-refractivity contribution is 5.78. The Morgan fingerprint density at radius 1 is 1.17 bits per heavy atom. The van der Waals surface area contributed by atoms with Crippen molar-refractivity contribution < 1.29 is 24.5 Å². The first-order valence-electron chi connectivity index (χ1n) is 9.94. The van der Waals surface area contributed by atoms with Gasteiger partial charge < -0.3 is 24.6 Å². The number of carbonyl (C=O) groups is 1. The second-order valence-corrected chi connectivity index (χ2v) is 7.70. The summed E-state index contributed by atoms with van der Waals surface area (Å²) in [6.07, 6.45) is 2.35. The number of phenols is 2. The summed E-state index contributed by atoms with van der Waals surface area (Å²) in [7, 11) is 3.05. The van der Waals surface area contributed by atoms with Crippen LogP contribution in [0.5, 0.6) is 23.0 Å². The number of nitrogens with zero attached hydrogens (tertiary/aromatic N) is 1. The van der Waals surface area contributed by atoms with E-state index in [0.29, 0.717) is 23.0 Å². The van der Waals surface area contributed by atoms with Crippen LogP contribution in [0.2, 0.25) is 0 Å². The Kier molecular flexibility index (Phi) is 6.52. The zero-order valence-corrected chi connectivity index (χ0v) is 17.2. The number of amides is 1. The van der Waals surface area contributed by atoms with E-state index in [1.54, 1.807) is 30.3 Å². The monoisotopic (exact) mass is 399 g/mol. The fraction of sp³-hybridized carbons (Fsp3) is 0.435. The summed E-state index contributed by atoms with van der Waals surface area (Å²) in [6, 6.07) is 9.95. The SMILES string of the molecule is COc1cc(O)c(C(CC(=O)N2CCCC(C)C2)c2ccc(O)cc2)c(OC)c1. The third-order valence-corrected chi connectivity index (χ3v) is 5.58. The topological polar surface area (TPSA) is 79.2 Å². The van der Waals surface area contributed by atoms with Crippen molar-refractivity contribution in [2.24, 2.45) is 5.92 Å². The molecule has 0 bridgehead atoms. The van der Waals surface area contributed by atoms with Crippen LogP contribution in [0.25, 0.3) is 0 Å². The second kappa shape index (κ2) is 9.07. The minimum absolute atomic E-state index is 0.0130. The Labute approximate surface area is 171 Å². The van der Waals surface area contributed by atoms with Gasteiger partial charge in [-0.15, -0.1) is 0 Å². The highest BCUT2D eigenvalue weighted by atomic mass is 16.5. The lowest BCUT2D eigenvalue weighted by Gasteiger charge is -2.32. The van der Waals surface area contributed by atoms with E-state index >= 15 is 0 Å². The van der Waals surface area contributed by atoms with E-state index in [0.717, 1.165) is 31.5 Å². The standard InChI is InChI=1S/C23H29NO5/c1-15-5-4-10-24(14-15)22(27)13-19(16-6-8-17(25)9-7-16)23-20(26)11-18(28-2)12-21(23)29-3/h6-9,11-12,15,19,25-26H,4-5,10,13-14H2,1-3H3. The molecule has 2 N–H and O–H groups in total. The summed E-state index contributed by atoms with van der Waals surface area (Å²) in [5, 5.41) is 20.4. The number of phenolic OH excluding ortho intramolecular Hbond substituents is 2. The van der Waals surface area contributed by atoms with Crippen LogP contribution in [0, 0.1) is 5.92 Å². The first-order chi connectivity index (χ1) is 13.9. The lowest BCUT2D eigenvalue weighted by atomic mass is 9.86. The third kappa shape index (κ3) is 4.75. The fourth-order valence-corrected chi connectivity index (χ4v) is 4.04. The summed E-state index contributed by atoms with van der Waals surface area (Å²) in [6.45, 7) is 3.68. The fourth-order valence-electron chi connectivity index (χ4n) is 4.04. The number of hydrogen-bond acceptors (Lipinski definition) is 5. The number of likely N-dealkylation sites (tertiary alicyclic amines) is 1. The summed E-state index contributed by atoms with van der Waals surface area (Å²) >= 11 is 0. The quantitative estimate of drug-likeness (QED) is 0.770. The average Bonchev–Trinajstić information content (AvgIpc) is 2.72. The molecule has 2 aromatic carbocycles. The molecule has 0 saturated carbocycles. The molecule has 2 aromatic rings. The molecule has 1 amide bonds. The largest absolute Gasteiger partial charge is 0.508 e. The van der Waals surface area contributed by atoms with E-state index < -0.39 is 5.92 Å². The second-order valence-electron chi connectivity index (χ2n) is 7.70. The van der Waals surface area contributed by atoms with Gasteiger partial charge in [0.15, 0.2) is 0 Å². The van der Waals surface area contributed by atoms with Crippen LogP contribution < -0.4 is 9.47 Å². The van der Waals surface area contributed by atoms with Crippen LogP contribution in [0.15, 0.2) is 36.4 Å². The van der Waals surface area contributed by atoms with Crippen LogP contribution in [0.3, 0.4) is 0 Å². The molecular formula is C23H29NO5. The Morgan fingerprint density at radius 3 is 2.52 bits per heavy atom. The summed E-state index contributed by atoms with van der Waals surface area (Å²) in [5.41, 5.74) is 1.36. The van der Waals surface area contributed by atoms with E-state index in [9.17, 15) is 15.0 Å². The lowest BCUT2D eigenvalue weighted by molar-refractivity contribution is -0.133. The molecule has 1 fully saturated rings. The first kappa shape index (κ1) is 20.8. The van der Waals surface area contributed by atoms with Gasteiger partial charge in [0.1, 0.15) is 23.0 Å². The minimum Gasteiger partial charge on any atom is -0.508 e. The van der Waals surface area contributed by atoms with Crippen molar-refractivity contribution >= 4 is 5.91 Å². The highest BCUT2D eigenvalue weighted by Crippen LogP contribution is 2.43. The Balaban J connectivity index is 2.00. The molecule has 1 heterocycles.